The topological polar surface area (TPSA) is 81.3 Å². The number of amides is 1. The third-order valence-electron chi connectivity index (χ3n) is 4.97. The van der Waals surface area contributed by atoms with Crippen LogP contribution in [0.15, 0.2) is 24.3 Å². The maximum Gasteiger partial charge on any atom is 0.239 e. The van der Waals surface area contributed by atoms with E-state index in [0.717, 1.165) is 24.1 Å². The lowest BCUT2D eigenvalue weighted by Gasteiger charge is -2.20. The molecule has 1 aromatic heterocycles. The minimum absolute atomic E-state index is 0.00258. The molecule has 0 atom stereocenters. The van der Waals surface area contributed by atoms with Gasteiger partial charge in [0.25, 0.3) is 0 Å². The Labute approximate surface area is 157 Å². The molecule has 0 bridgehead atoms. The van der Waals surface area contributed by atoms with E-state index in [0.29, 0.717) is 29.7 Å². The van der Waals surface area contributed by atoms with Crippen molar-refractivity contribution in [1.29, 1.82) is 5.26 Å². The van der Waals surface area contributed by atoms with E-state index >= 15 is 0 Å². The molecule has 1 amide bonds. The summed E-state index contributed by atoms with van der Waals surface area (Å²) in [4.78, 5) is 14.6. The second-order valence-electron chi connectivity index (χ2n) is 6.83. The molecule has 2 aromatic rings. The maximum atomic E-state index is 13.3. The number of anilines is 1. The molecular weight excluding hydrogens is 347 g/mol. The molecule has 2 N–H and O–H groups in total. The van der Waals surface area contributed by atoms with Crippen molar-refractivity contribution in [3.8, 4) is 11.8 Å². The van der Waals surface area contributed by atoms with Gasteiger partial charge in [0.05, 0.1) is 18.7 Å². The quantitative estimate of drug-likeness (QED) is 0.785. The zero-order valence-corrected chi connectivity index (χ0v) is 15.5. The molecule has 3 rings (SSSR count). The van der Waals surface area contributed by atoms with Crippen molar-refractivity contribution in [3.05, 3.63) is 46.9 Å². The summed E-state index contributed by atoms with van der Waals surface area (Å²) in [5, 5.41) is 21.6. The van der Waals surface area contributed by atoms with Gasteiger partial charge in [0.1, 0.15) is 17.7 Å². The van der Waals surface area contributed by atoms with Crippen molar-refractivity contribution in [3.63, 3.8) is 0 Å². The summed E-state index contributed by atoms with van der Waals surface area (Å²) in [6.45, 7) is 4.28. The van der Waals surface area contributed by atoms with E-state index in [-0.39, 0.29) is 24.9 Å². The van der Waals surface area contributed by atoms with E-state index in [2.05, 4.69) is 11.4 Å². The van der Waals surface area contributed by atoms with Crippen molar-refractivity contribution in [2.24, 2.45) is 0 Å². The minimum Gasteiger partial charge on any atom is -0.395 e. The summed E-state index contributed by atoms with van der Waals surface area (Å²) in [7, 11) is 0. The minimum atomic E-state index is -0.351. The highest BCUT2D eigenvalue weighted by Gasteiger charge is 2.30. The molecule has 1 saturated carbocycles. The van der Waals surface area contributed by atoms with Gasteiger partial charge < -0.3 is 10.4 Å². The van der Waals surface area contributed by atoms with E-state index in [1.165, 1.54) is 12.1 Å². The van der Waals surface area contributed by atoms with Crippen LogP contribution in [0.25, 0.3) is 5.69 Å². The monoisotopic (exact) mass is 370 g/mol. The Hall–Kier alpha value is -2.69. The number of nitrogens with one attached hydrogen (secondary N) is 1. The first-order valence-electron chi connectivity index (χ1n) is 8.99. The third kappa shape index (κ3) is 4.02. The number of rotatable bonds is 7. The zero-order chi connectivity index (χ0) is 19.6. The van der Waals surface area contributed by atoms with Gasteiger partial charge in [-0.2, -0.15) is 5.26 Å². The van der Waals surface area contributed by atoms with Crippen LogP contribution in [-0.2, 0) is 4.79 Å². The van der Waals surface area contributed by atoms with Crippen LogP contribution in [0.5, 0.6) is 0 Å². The highest BCUT2D eigenvalue weighted by Crippen LogP contribution is 2.30. The van der Waals surface area contributed by atoms with Gasteiger partial charge in [0.2, 0.25) is 5.91 Å². The molecule has 7 heteroatoms. The summed E-state index contributed by atoms with van der Waals surface area (Å²) in [5.41, 5.74) is 2.64. The highest BCUT2D eigenvalue weighted by molar-refractivity contribution is 5.93. The van der Waals surface area contributed by atoms with Crippen LogP contribution in [0, 0.1) is 31.0 Å². The van der Waals surface area contributed by atoms with E-state index in [4.69, 9.17) is 0 Å². The summed E-state index contributed by atoms with van der Waals surface area (Å²) >= 11 is 0. The molecule has 1 aromatic carbocycles. The van der Waals surface area contributed by atoms with Gasteiger partial charge in [-0.05, 0) is 56.5 Å². The largest absolute Gasteiger partial charge is 0.395 e. The summed E-state index contributed by atoms with van der Waals surface area (Å²) in [6.07, 6.45) is 2.06. The number of benzene rings is 1. The number of hydrogen-bond acceptors (Lipinski definition) is 4. The average Bonchev–Trinajstić information content (AvgIpc) is 3.45. The Morgan fingerprint density at radius 1 is 1.37 bits per heavy atom. The summed E-state index contributed by atoms with van der Waals surface area (Å²) in [5.74, 6) is -0.202. The first-order chi connectivity index (χ1) is 13.0. The van der Waals surface area contributed by atoms with Crippen LogP contribution in [0.3, 0.4) is 0 Å². The normalized spacial score (nSPS) is 13.6. The Morgan fingerprint density at radius 2 is 2.04 bits per heavy atom. The summed E-state index contributed by atoms with van der Waals surface area (Å²) < 4.78 is 15.1. The molecule has 0 unspecified atom stereocenters. The molecule has 0 radical (unpaired) electrons. The van der Waals surface area contributed by atoms with E-state index in [1.54, 1.807) is 16.7 Å². The number of aliphatic hydroxyl groups is 1. The Morgan fingerprint density at radius 3 is 2.59 bits per heavy atom. The van der Waals surface area contributed by atoms with Crippen molar-refractivity contribution in [2.75, 3.05) is 25.0 Å². The second-order valence-corrected chi connectivity index (χ2v) is 6.83. The molecule has 0 saturated heterocycles. The van der Waals surface area contributed by atoms with Gasteiger partial charge in [-0.15, -0.1) is 0 Å². The number of aromatic nitrogens is 1. The van der Waals surface area contributed by atoms with Crippen LogP contribution >= 0.6 is 0 Å². The fourth-order valence-electron chi connectivity index (χ4n) is 3.29. The lowest BCUT2D eigenvalue weighted by Crippen LogP contribution is -2.37. The smallest absolute Gasteiger partial charge is 0.239 e. The molecular formula is C20H23FN4O2. The Balaban J connectivity index is 1.91. The number of nitrogens with zero attached hydrogens (tertiary/aromatic N) is 3. The van der Waals surface area contributed by atoms with Gasteiger partial charge >= 0.3 is 0 Å². The molecule has 1 heterocycles. The van der Waals surface area contributed by atoms with Crippen molar-refractivity contribution in [1.82, 2.24) is 9.47 Å². The number of aliphatic hydroxyl groups excluding tert-OH is 1. The van der Waals surface area contributed by atoms with Gasteiger partial charge in [-0.25, -0.2) is 4.39 Å². The number of nitriles is 1. The lowest BCUT2D eigenvalue weighted by molar-refractivity contribution is -0.117. The van der Waals surface area contributed by atoms with Crippen LogP contribution < -0.4 is 5.32 Å². The molecule has 0 spiro atoms. The number of carbonyl (C=O) groups is 1. The fourth-order valence-corrected chi connectivity index (χ4v) is 3.29. The summed E-state index contributed by atoms with van der Waals surface area (Å²) in [6, 6.07) is 8.41. The first kappa shape index (κ1) is 19.1. The zero-order valence-electron chi connectivity index (χ0n) is 15.5. The molecule has 142 valence electrons. The molecule has 1 fully saturated rings. The maximum absolute atomic E-state index is 13.3. The van der Waals surface area contributed by atoms with Crippen LogP contribution in [0.2, 0.25) is 0 Å². The SMILES string of the molecule is Cc1c(C#N)c(NC(=O)CN(CCO)C2CC2)n(-c2ccc(F)cc2)c1C. The predicted octanol–water partition coefficient (Wildman–Crippen LogP) is 2.50. The van der Waals surface area contributed by atoms with Crippen molar-refractivity contribution in [2.45, 2.75) is 32.7 Å². The number of hydrogen-bond donors (Lipinski definition) is 2. The number of carbonyl (C=O) groups excluding carboxylic acids is 1. The average molecular weight is 370 g/mol. The molecule has 0 aliphatic heterocycles. The van der Waals surface area contributed by atoms with Crippen molar-refractivity contribution >= 4 is 11.7 Å². The van der Waals surface area contributed by atoms with Gasteiger partial charge in [-0.3, -0.25) is 14.3 Å². The third-order valence-corrected chi connectivity index (χ3v) is 4.97. The second kappa shape index (κ2) is 7.91. The molecule has 1 aliphatic carbocycles. The van der Waals surface area contributed by atoms with Crippen LogP contribution in [-0.4, -0.2) is 46.2 Å². The van der Waals surface area contributed by atoms with E-state index in [9.17, 15) is 19.6 Å². The van der Waals surface area contributed by atoms with Crippen LogP contribution in [0.4, 0.5) is 10.2 Å². The predicted molar refractivity (Wildman–Crippen MR) is 100 cm³/mol. The van der Waals surface area contributed by atoms with E-state index < -0.39 is 0 Å². The lowest BCUT2D eigenvalue weighted by atomic mass is 10.2. The van der Waals surface area contributed by atoms with E-state index in [1.807, 2.05) is 18.7 Å². The highest BCUT2D eigenvalue weighted by atomic mass is 19.1. The molecule has 1 aliphatic rings. The van der Waals surface area contributed by atoms with Crippen molar-refractivity contribution < 1.29 is 14.3 Å². The van der Waals surface area contributed by atoms with Gasteiger partial charge in [0, 0.05) is 24.0 Å². The van der Waals surface area contributed by atoms with Gasteiger partial charge in [-0.1, -0.05) is 0 Å². The Bertz CT molecular complexity index is 879. The standard InChI is InChI=1S/C20H23FN4O2/c1-13-14(2)25(17-5-3-15(21)4-6-17)20(18(13)11-22)23-19(27)12-24(9-10-26)16-7-8-16/h3-6,16,26H,7-10,12H2,1-2H3,(H,23,27). The fraction of sp³-hybridized carbons (Fsp3) is 0.400. The van der Waals surface area contributed by atoms with Crippen LogP contribution in [0.1, 0.15) is 29.7 Å². The Kier molecular flexibility index (Phi) is 5.59. The molecule has 6 nitrogen and oxygen atoms in total. The van der Waals surface area contributed by atoms with Gasteiger partial charge in [0.15, 0.2) is 0 Å². The molecule has 27 heavy (non-hydrogen) atoms. The number of halogens is 1. The first-order valence-corrected chi connectivity index (χ1v) is 8.99.